The van der Waals surface area contributed by atoms with Crippen LogP contribution in [0.3, 0.4) is 0 Å². The van der Waals surface area contributed by atoms with E-state index < -0.39 is 0 Å². The van der Waals surface area contributed by atoms with Crippen LogP contribution >= 0.6 is 0 Å². The molecule has 4 heteroatoms. The highest BCUT2D eigenvalue weighted by molar-refractivity contribution is 6.11. The highest BCUT2D eigenvalue weighted by Gasteiger charge is 2.27. The maximum atomic E-state index is 11.3. The van der Waals surface area contributed by atoms with Gasteiger partial charge in [-0.1, -0.05) is 12.1 Å². The number of hydrogen-bond acceptors (Lipinski definition) is 2. The number of hydrogen-bond donors (Lipinski definition) is 1. The predicted octanol–water partition coefficient (Wildman–Crippen LogP) is 0.763. The van der Waals surface area contributed by atoms with Crippen LogP contribution in [0.5, 0.6) is 0 Å². The molecule has 1 aliphatic heterocycles. The van der Waals surface area contributed by atoms with E-state index in [2.05, 4.69) is 5.43 Å². The molecule has 0 radical (unpaired) electrons. The van der Waals surface area contributed by atoms with E-state index in [4.69, 9.17) is 0 Å². The monoisotopic (exact) mass is 190 g/mol. The van der Waals surface area contributed by atoms with Gasteiger partial charge in [0.05, 0.1) is 5.69 Å². The lowest BCUT2D eigenvalue weighted by Crippen LogP contribution is -2.35. The van der Waals surface area contributed by atoms with Crippen LogP contribution in [0.15, 0.2) is 24.3 Å². The first kappa shape index (κ1) is 8.74. The quantitative estimate of drug-likeness (QED) is 0.665. The number of benzene rings is 1. The van der Waals surface area contributed by atoms with E-state index in [0.29, 0.717) is 5.69 Å². The molecule has 1 fully saturated rings. The molecule has 2 rings (SSSR count). The topological polar surface area (TPSA) is 49.4 Å². The first-order valence-corrected chi connectivity index (χ1v) is 4.36. The Morgan fingerprint density at radius 3 is 2.71 bits per heavy atom. The van der Waals surface area contributed by atoms with Gasteiger partial charge in [-0.25, -0.2) is 5.01 Å². The third-order valence-electron chi connectivity index (χ3n) is 2.06. The molecule has 0 aliphatic carbocycles. The second-order valence-electron chi connectivity index (χ2n) is 3.28. The predicted molar refractivity (Wildman–Crippen MR) is 51.4 cm³/mol. The van der Waals surface area contributed by atoms with Crippen molar-refractivity contribution in [3.05, 3.63) is 29.8 Å². The number of nitrogens with one attached hydrogen (secondary N) is 1. The zero-order valence-corrected chi connectivity index (χ0v) is 7.78. The number of nitrogens with zero attached hydrogens (tertiary/aromatic N) is 1. The molecule has 72 valence electrons. The van der Waals surface area contributed by atoms with Crippen molar-refractivity contribution >= 4 is 17.5 Å². The fourth-order valence-electron chi connectivity index (χ4n) is 1.42. The summed E-state index contributed by atoms with van der Waals surface area (Å²) >= 11 is 0. The van der Waals surface area contributed by atoms with Gasteiger partial charge in [0.2, 0.25) is 5.91 Å². The van der Waals surface area contributed by atoms with E-state index in [1.54, 1.807) is 6.07 Å². The summed E-state index contributed by atoms with van der Waals surface area (Å²) in [6.07, 6.45) is -0.0616. The number of hydrazine groups is 1. The minimum Gasteiger partial charge on any atom is -0.273 e. The molecule has 1 aliphatic rings. The highest BCUT2D eigenvalue weighted by atomic mass is 16.2. The van der Waals surface area contributed by atoms with E-state index in [1.807, 2.05) is 25.1 Å². The van der Waals surface area contributed by atoms with Crippen molar-refractivity contribution in [3.8, 4) is 0 Å². The third-order valence-corrected chi connectivity index (χ3v) is 2.06. The lowest BCUT2D eigenvalue weighted by Gasteiger charge is -2.15. The van der Waals surface area contributed by atoms with Gasteiger partial charge in [0, 0.05) is 0 Å². The largest absolute Gasteiger partial charge is 0.273 e. The van der Waals surface area contributed by atoms with Crippen LogP contribution in [0.4, 0.5) is 5.69 Å². The second kappa shape index (κ2) is 3.14. The Labute approximate surface area is 81.5 Å². The maximum absolute atomic E-state index is 11.3. The maximum Gasteiger partial charge on any atom is 0.255 e. The van der Waals surface area contributed by atoms with Crippen molar-refractivity contribution in [1.82, 2.24) is 5.43 Å². The fourth-order valence-corrected chi connectivity index (χ4v) is 1.42. The Hall–Kier alpha value is -1.84. The molecule has 1 aromatic carbocycles. The first-order chi connectivity index (χ1) is 6.66. The Morgan fingerprint density at radius 1 is 1.36 bits per heavy atom. The van der Waals surface area contributed by atoms with Crippen molar-refractivity contribution in [2.24, 2.45) is 0 Å². The first-order valence-electron chi connectivity index (χ1n) is 4.36. The van der Waals surface area contributed by atoms with E-state index in [0.717, 1.165) is 5.56 Å². The number of carbonyl (C=O) groups is 2. The number of aryl methyl sites for hydroxylation is 1. The van der Waals surface area contributed by atoms with Crippen LogP contribution in [-0.4, -0.2) is 11.8 Å². The summed E-state index contributed by atoms with van der Waals surface area (Å²) in [5.74, 6) is -0.461. The van der Waals surface area contributed by atoms with Gasteiger partial charge >= 0.3 is 0 Å². The molecule has 0 bridgehead atoms. The van der Waals surface area contributed by atoms with Gasteiger partial charge in [-0.15, -0.1) is 0 Å². The van der Waals surface area contributed by atoms with Gasteiger partial charge in [0.15, 0.2) is 0 Å². The van der Waals surface area contributed by atoms with Gasteiger partial charge in [-0.3, -0.25) is 15.0 Å². The van der Waals surface area contributed by atoms with Crippen LogP contribution < -0.4 is 10.4 Å². The van der Waals surface area contributed by atoms with Crippen molar-refractivity contribution in [1.29, 1.82) is 0 Å². The SMILES string of the molecule is Cc1cccc(N2NC(=O)CC2=O)c1. The summed E-state index contributed by atoms with van der Waals surface area (Å²) in [7, 11) is 0. The van der Waals surface area contributed by atoms with Gasteiger partial charge < -0.3 is 0 Å². The molecule has 4 nitrogen and oxygen atoms in total. The zero-order chi connectivity index (χ0) is 10.1. The molecule has 0 spiro atoms. The summed E-state index contributed by atoms with van der Waals surface area (Å²) in [6.45, 7) is 1.94. The summed E-state index contributed by atoms with van der Waals surface area (Å²) in [4.78, 5) is 22.3. The van der Waals surface area contributed by atoms with Gasteiger partial charge in [-0.2, -0.15) is 0 Å². The molecule has 1 aromatic rings. The van der Waals surface area contributed by atoms with Crippen molar-refractivity contribution in [2.75, 3.05) is 5.01 Å². The number of carbonyl (C=O) groups excluding carboxylic acids is 2. The third kappa shape index (κ3) is 1.46. The Balaban J connectivity index is 2.31. The van der Waals surface area contributed by atoms with Crippen LogP contribution in [0.2, 0.25) is 0 Å². The molecule has 0 saturated carbocycles. The number of rotatable bonds is 1. The molecule has 1 N–H and O–H groups in total. The highest BCUT2D eigenvalue weighted by Crippen LogP contribution is 2.17. The average molecular weight is 190 g/mol. The van der Waals surface area contributed by atoms with E-state index in [9.17, 15) is 9.59 Å². The Morgan fingerprint density at radius 2 is 2.14 bits per heavy atom. The zero-order valence-electron chi connectivity index (χ0n) is 7.78. The van der Waals surface area contributed by atoms with E-state index in [1.165, 1.54) is 5.01 Å². The molecule has 1 heterocycles. The molecule has 2 amide bonds. The molecule has 0 atom stereocenters. The van der Waals surface area contributed by atoms with Crippen LogP contribution in [-0.2, 0) is 9.59 Å². The molecule has 14 heavy (non-hydrogen) atoms. The van der Waals surface area contributed by atoms with E-state index >= 15 is 0 Å². The van der Waals surface area contributed by atoms with E-state index in [-0.39, 0.29) is 18.2 Å². The van der Waals surface area contributed by atoms with Crippen LogP contribution in [0.25, 0.3) is 0 Å². The Kier molecular flexibility index (Phi) is 1.96. The number of amides is 2. The molecule has 1 saturated heterocycles. The van der Waals surface area contributed by atoms with Crippen molar-refractivity contribution in [3.63, 3.8) is 0 Å². The summed E-state index contributed by atoms with van der Waals surface area (Å²) in [5, 5.41) is 1.29. The normalized spacial score (nSPS) is 15.9. The average Bonchev–Trinajstić information content (AvgIpc) is 2.45. The minimum atomic E-state index is -0.253. The van der Waals surface area contributed by atoms with Gasteiger partial charge in [-0.05, 0) is 24.6 Å². The van der Waals surface area contributed by atoms with Crippen LogP contribution in [0.1, 0.15) is 12.0 Å². The molecular formula is C10H10N2O2. The molecule has 0 aromatic heterocycles. The summed E-state index contributed by atoms with van der Waals surface area (Å²) in [6, 6.07) is 7.42. The van der Waals surface area contributed by atoms with Crippen molar-refractivity contribution in [2.45, 2.75) is 13.3 Å². The van der Waals surface area contributed by atoms with Gasteiger partial charge in [0.25, 0.3) is 5.91 Å². The Bertz CT molecular complexity index is 401. The van der Waals surface area contributed by atoms with Crippen LogP contribution in [0, 0.1) is 6.92 Å². The fraction of sp³-hybridized carbons (Fsp3) is 0.200. The summed E-state index contributed by atoms with van der Waals surface area (Å²) < 4.78 is 0. The smallest absolute Gasteiger partial charge is 0.255 e. The minimum absolute atomic E-state index is 0.0616. The molecule has 0 unspecified atom stereocenters. The van der Waals surface area contributed by atoms with Crippen molar-refractivity contribution < 1.29 is 9.59 Å². The summed E-state index contributed by atoms with van der Waals surface area (Å²) in [5.41, 5.74) is 4.25. The standard InChI is InChI=1S/C10H10N2O2/c1-7-3-2-4-8(5-7)12-10(14)6-9(13)11-12/h2-5H,6H2,1H3,(H,11,13). The lowest BCUT2D eigenvalue weighted by molar-refractivity contribution is -0.122. The lowest BCUT2D eigenvalue weighted by atomic mass is 10.2. The second-order valence-corrected chi connectivity index (χ2v) is 3.28. The molecular weight excluding hydrogens is 180 g/mol. The van der Waals surface area contributed by atoms with Gasteiger partial charge in [0.1, 0.15) is 6.42 Å². The number of anilines is 1.